The Kier molecular flexibility index (Phi) is 7.21. The van der Waals surface area contributed by atoms with Crippen LogP contribution in [-0.4, -0.2) is 40.1 Å². The summed E-state index contributed by atoms with van der Waals surface area (Å²) >= 11 is 0. The van der Waals surface area contributed by atoms with Crippen LogP contribution in [0.4, 0.5) is 5.69 Å². The van der Waals surface area contributed by atoms with Crippen molar-refractivity contribution in [2.75, 3.05) is 24.5 Å². The first-order chi connectivity index (χ1) is 16.8. The molecule has 0 saturated heterocycles. The molecule has 4 rings (SSSR count). The number of anilines is 1. The van der Waals surface area contributed by atoms with E-state index in [9.17, 15) is 18.0 Å². The molecular weight excluding hydrogens is 472 g/mol. The fraction of sp³-hybridized carbons (Fsp3) is 0.200. The number of rotatable bonds is 8. The molecule has 0 fully saturated rings. The van der Waals surface area contributed by atoms with Gasteiger partial charge in [0.25, 0.3) is 15.9 Å². The van der Waals surface area contributed by atoms with Gasteiger partial charge >= 0.3 is 5.97 Å². The van der Waals surface area contributed by atoms with Gasteiger partial charge in [-0.15, -0.1) is 0 Å². The smallest absolute Gasteiger partial charge is 0.340 e. The molecule has 3 aromatic carbocycles. The second-order valence-corrected chi connectivity index (χ2v) is 9.42. The highest BCUT2D eigenvalue weighted by atomic mass is 32.2. The second kappa shape index (κ2) is 10.5. The van der Waals surface area contributed by atoms with Gasteiger partial charge in [-0.05, 0) is 42.3 Å². The maximum atomic E-state index is 13.0. The van der Waals surface area contributed by atoms with Gasteiger partial charge in [0.15, 0.2) is 18.1 Å². The first-order valence-corrected chi connectivity index (χ1v) is 12.3. The van der Waals surface area contributed by atoms with E-state index in [1.165, 1.54) is 30.3 Å². The van der Waals surface area contributed by atoms with Gasteiger partial charge in [0.1, 0.15) is 13.2 Å². The van der Waals surface area contributed by atoms with Crippen LogP contribution < -0.4 is 19.5 Å². The monoisotopic (exact) mass is 496 g/mol. The maximum Gasteiger partial charge on any atom is 0.340 e. The van der Waals surface area contributed by atoms with Gasteiger partial charge in [-0.2, -0.15) is 0 Å². The van der Waals surface area contributed by atoms with Crippen LogP contribution in [0.5, 0.6) is 11.5 Å². The van der Waals surface area contributed by atoms with Gasteiger partial charge in [0.2, 0.25) is 0 Å². The van der Waals surface area contributed by atoms with Crippen molar-refractivity contribution in [2.24, 2.45) is 0 Å². The van der Waals surface area contributed by atoms with Crippen molar-refractivity contribution in [3.63, 3.8) is 0 Å². The summed E-state index contributed by atoms with van der Waals surface area (Å²) in [5, 5.41) is 2.70. The number of nitrogens with one attached hydrogen (secondary N) is 2. The molecule has 0 spiro atoms. The van der Waals surface area contributed by atoms with Crippen LogP contribution in [0.3, 0.4) is 0 Å². The van der Waals surface area contributed by atoms with Crippen LogP contribution in [-0.2, 0) is 26.1 Å². The highest BCUT2D eigenvalue weighted by Crippen LogP contribution is 2.33. The number of fused-ring (bicyclic) bond motifs is 1. The van der Waals surface area contributed by atoms with E-state index in [2.05, 4.69) is 10.0 Å². The third-order valence-corrected chi connectivity index (χ3v) is 6.65. The summed E-state index contributed by atoms with van der Waals surface area (Å²) in [6.45, 7) is 2.43. The molecule has 182 valence electrons. The summed E-state index contributed by atoms with van der Waals surface area (Å²) in [6, 6.07) is 17.9. The molecule has 3 aromatic rings. The number of ether oxygens (including phenoxy) is 3. The number of para-hydroxylation sites is 1. The molecule has 0 unspecified atom stereocenters. The summed E-state index contributed by atoms with van der Waals surface area (Å²) in [4.78, 5) is 24.7. The van der Waals surface area contributed by atoms with Gasteiger partial charge in [-0.25, -0.2) is 13.2 Å². The molecule has 0 aromatic heterocycles. The first-order valence-electron chi connectivity index (χ1n) is 10.8. The molecule has 0 atom stereocenters. The fourth-order valence-electron chi connectivity index (χ4n) is 3.41. The topological polar surface area (TPSA) is 120 Å². The van der Waals surface area contributed by atoms with Crippen molar-refractivity contribution < 1.29 is 32.2 Å². The average molecular weight is 497 g/mol. The fourth-order valence-corrected chi connectivity index (χ4v) is 4.50. The Hall–Kier alpha value is -4.05. The van der Waals surface area contributed by atoms with Gasteiger partial charge in [-0.1, -0.05) is 36.4 Å². The number of hydrogen-bond donors (Lipinski definition) is 2. The summed E-state index contributed by atoms with van der Waals surface area (Å²) < 4.78 is 44.3. The Bertz CT molecular complexity index is 1360. The molecule has 2 N–H and O–H groups in total. The van der Waals surface area contributed by atoms with E-state index in [1.54, 1.807) is 12.1 Å². The van der Waals surface area contributed by atoms with Crippen molar-refractivity contribution in [3.8, 4) is 11.5 Å². The van der Waals surface area contributed by atoms with Gasteiger partial charge in [0, 0.05) is 12.6 Å². The zero-order valence-corrected chi connectivity index (χ0v) is 19.8. The number of carbonyl (C=O) groups excluding carboxylic acids is 2. The van der Waals surface area contributed by atoms with Gasteiger partial charge in [0.05, 0.1) is 16.1 Å². The number of sulfonamides is 1. The molecule has 9 nitrogen and oxygen atoms in total. The number of esters is 1. The highest BCUT2D eigenvalue weighted by Gasteiger charge is 2.22. The lowest BCUT2D eigenvalue weighted by Gasteiger charge is -2.19. The molecule has 1 amide bonds. The minimum absolute atomic E-state index is 0.0210. The molecule has 35 heavy (non-hydrogen) atoms. The summed E-state index contributed by atoms with van der Waals surface area (Å²) in [7, 11) is -4.05. The predicted molar refractivity (Wildman–Crippen MR) is 128 cm³/mol. The number of amides is 1. The van der Waals surface area contributed by atoms with Crippen molar-refractivity contribution in [2.45, 2.75) is 18.4 Å². The van der Waals surface area contributed by atoms with Crippen LogP contribution in [0, 0.1) is 6.92 Å². The normalized spacial score (nSPS) is 12.5. The van der Waals surface area contributed by atoms with E-state index < -0.39 is 28.5 Å². The van der Waals surface area contributed by atoms with Crippen LogP contribution >= 0.6 is 0 Å². The lowest BCUT2D eigenvalue weighted by molar-refractivity contribution is -0.124. The number of carbonyl (C=O) groups is 2. The maximum absolute atomic E-state index is 13.0. The van der Waals surface area contributed by atoms with Crippen molar-refractivity contribution in [3.05, 3.63) is 83.4 Å². The van der Waals surface area contributed by atoms with Crippen LogP contribution in [0.1, 0.15) is 21.5 Å². The molecule has 1 aliphatic heterocycles. The van der Waals surface area contributed by atoms with Crippen molar-refractivity contribution in [1.82, 2.24) is 5.32 Å². The minimum Gasteiger partial charge on any atom is -0.486 e. The average Bonchev–Trinajstić information content (AvgIpc) is 2.86. The van der Waals surface area contributed by atoms with E-state index in [-0.39, 0.29) is 16.1 Å². The molecule has 0 saturated carbocycles. The minimum atomic E-state index is -4.05. The first kappa shape index (κ1) is 24.1. The van der Waals surface area contributed by atoms with Gasteiger partial charge < -0.3 is 19.5 Å². The van der Waals surface area contributed by atoms with E-state index in [0.29, 0.717) is 31.3 Å². The molecule has 0 aliphatic carbocycles. The second-order valence-electron chi connectivity index (χ2n) is 7.74. The van der Waals surface area contributed by atoms with E-state index >= 15 is 0 Å². The molecular formula is C25H24N2O7S. The Morgan fingerprint density at radius 1 is 0.943 bits per heavy atom. The number of aryl methyl sites for hydroxylation is 1. The standard InChI is InChI=1S/C25H24N2O7S/c1-17-6-2-3-7-18(17)15-26-24(28)16-34-25(29)20-8-4-5-9-21(20)27-35(30,31)19-10-11-22-23(14-19)33-13-12-32-22/h2-11,14,27H,12-13,15-16H2,1H3,(H,26,28). The molecule has 10 heteroatoms. The third-order valence-electron chi connectivity index (χ3n) is 5.29. The van der Waals surface area contributed by atoms with Crippen LogP contribution in [0.2, 0.25) is 0 Å². The Morgan fingerprint density at radius 3 is 2.46 bits per heavy atom. The van der Waals surface area contributed by atoms with Crippen LogP contribution in [0.25, 0.3) is 0 Å². The lowest BCUT2D eigenvalue weighted by Crippen LogP contribution is -2.28. The highest BCUT2D eigenvalue weighted by molar-refractivity contribution is 7.92. The quantitative estimate of drug-likeness (QED) is 0.460. The zero-order chi connectivity index (χ0) is 24.8. The molecule has 1 heterocycles. The zero-order valence-electron chi connectivity index (χ0n) is 18.9. The summed E-state index contributed by atoms with van der Waals surface area (Å²) in [5.74, 6) is -0.532. The summed E-state index contributed by atoms with van der Waals surface area (Å²) in [5.41, 5.74) is 1.98. The van der Waals surface area contributed by atoms with E-state index in [4.69, 9.17) is 14.2 Å². The molecule has 0 radical (unpaired) electrons. The molecule has 1 aliphatic rings. The lowest BCUT2D eigenvalue weighted by atomic mass is 10.1. The molecule has 0 bridgehead atoms. The Morgan fingerprint density at radius 2 is 1.66 bits per heavy atom. The Balaban J connectivity index is 1.40. The number of benzene rings is 3. The van der Waals surface area contributed by atoms with E-state index in [1.807, 2.05) is 31.2 Å². The third kappa shape index (κ3) is 5.90. The van der Waals surface area contributed by atoms with Crippen molar-refractivity contribution in [1.29, 1.82) is 0 Å². The predicted octanol–water partition coefficient (Wildman–Crippen LogP) is 3.04. The van der Waals surface area contributed by atoms with Crippen LogP contribution in [0.15, 0.2) is 71.6 Å². The SMILES string of the molecule is Cc1ccccc1CNC(=O)COC(=O)c1ccccc1NS(=O)(=O)c1ccc2c(c1)OCCO2. The Labute approximate surface area is 203 Å². The van der Waals surface area contributed by atoms with Crippen molar-refractivity contribution >= 4 is 27.6 Å². The van der Waals surface area contributed by atoms with Gasteiger partial charge in [-0.3, -0.25) is 9.52 Å². The summed E-state index contributed by atoms with van der Waals surface area (Å²) in [6.07, 6.45) is 0. The van der Waals surface area contributed by atoms with E-state index in [0.717, 1.165) is 11.1 Å². The largest absolute Gasteiger partial charge is 0.486 e. The number of hydrogen-bond acceptors (Lipinski definition) is 7.